The number of hydrogen-bond donors (Lipinski definition) is 0. The molecule has 0 N–H and O–H groups in total. The maximum atomic E-state index is 5.86. The second-order valence-corrected chi connectivity index (χ2v) is 4.58. The molecule has 0 aliphatic carbocycles. The molecule has 0 aliphatic rings. The molecule has 3 rings (SSSR count). The zero-order chi connectivity index (χ0) is 11.8. The topological polar surface area (TPSA) is 38.9 Å². The summed E-state index contributed by atoms with van der Waals surface area (Å²) in [5, 5.41) is 1.09. The van der Waals surface area contributed by atoms with E-state index >= 15 is 0 Å². The van der Waals surface area contributed by atoms with Gasteiger partial charge < -0.3 is 4.42 Å². The summed E-state index contributed by atoms with van der Waals surface area (Å²) in [5.74, 6) is 0.779. The van der Waals surface area contributed by atoms with Crippen LogP contribution < -0.4 is 0 Å². The van der Waals surface area contributed by atoms with Crippen molar-refractivity contribution in [1.29, 1.82) is 0 Å². The summed E-state index contributed by atoms with van der Waals surface area (Å²) in [7, 11) is 0. The number of benzene rings is 1. The van der Waals surface area contributed by atoms with Crippen molar-refractivity contribution >= 4 is 26.9 Å². The van der Waals surface area contributed by atoms with Crippen molar-refractivity contribution in [1.82, 2.24) is 9.97 Å². The van der Waals surface area contributed by atoms with Crippen molar-refractivity contribution in [2.24, 2.45) is 0 Å². The molecule has 17 heavy (non-hydrogen) atoms. The van der Waals surface area contributed by atoms with E-state index < -0.39 is 0 Å². The van der Waals surface area contributed by atoms with Gasteiger partial charge in [-0.2, -0.15) is 0 Å². The molecule has 0 fully saturated rings. The molecule has 3 aromatic rings. The first-order chi connectivity index (χ1) is 8.25. The average molecular weight is 289 g/mol. The number of aromatic nitrogens is 2. The fourth-order valence-electron chi connectivity index (χ4n) is 1.82. The highest BCUT2D eigenvalue weighted by Gasteiger charge is 2.11. The maximum Gasteiger partial charge on any atom is 0.139 e. The van der Waals surface area contributed by atoms with Crippen LogP contribution in [-0.4, -0.2) is 9.97 Å². The molecule has 0 saturated heterocycles. The lowest BCUT2D eigenvalue weighted by atomic mass is 10.1. The SMILES string of the molecule is Cc1cccc2cc(-c3cncnc3Br)oc12. The largest absolute Gasteiger partial charge is 0.456 e. The smallest absolute Gasteiger partial charge is 0.139 e. The van der Waals surface area contributed by atoms with Gasteiger partial charge in [0.05, 0.1) is 5.56 Å². The van der Waals surface area contributed by atoms with E-state index in [1.165, 1.54) is 6.33 Å². The Kier molecular flexibility index (Phi) is 2.44. The van der Waals surface area contributed by atoms with Crippen LogP contribution in [0, 0.1) is 6.92 Å². The van der Waals surface area contributed by atoms with Crippen LogP contribution in [0.4, 0.5) is 0 Å². The molecular weight excluding hydrogens is 280 g/mol. The van der Waals surface area contributed by atoms with E-state index in [1.807, 2.05) is 31.2 Å². The zero-order valence-corrected chi connectivity index (χ0v) is 10.7. The van der Waals surface area contributed by atoms with Gasteiger partial charge in [-0.1, -0.05) is 18.2 Å². The molecule has 3 nitrogen and oxygen atoms in total. The number of halogens is 1. The molecule has 0 unspecified atom stereocenters. The van der Waals surface area contributed by atoms with Gasteiger partial charge in [0.15, 0.2) is 0 Å². The highest BCUT2D eigenvalue weighted by molar-refractivity contribution is 9.10. The lowest BCUT2D eigenvalue weighted by Gasteiger charge is -1.97. The Hall–Kier alpha value is -1.68. The van der Waals surface area contributed by atoms with Crippen LogP contribution in [0.3, 0.4) is 0 Å². The fourth-order valence-corrected chi connectivity index (χ4v) is 2.21. The number of hydrogen-bond acceptors (Lipinski definition) is 3. The molecule has 2 aromatic heterocycles. The van der Waals surface area contributed by atoms with Crippen LogP contribution >= 0.6 is 15.9 Å². The number of rotatable bonds is 1. The quantitative estimate of drug-likeness (QED) is 0.636. The first kappa shape index (κ1) is 10.5. The van der Waals surface area contributed by atoms with Gasteiger partial charge in [0, 0.05) is 11.6 Å². The van der Waals surface area contributed by atoms with Crippen LogP contribution in [0.2, 0.25) is 0 Å². The van der Waals surface area contributed by atoms with Crippen molar-refractivity contribution in [3.05, 3.63) is 47.0 Å². The molecule has 0 radical (unpaired) electrons. The van der Waals surface area contributed by atoms with Gasteiger partial charge >= 0.3 is 0 Å². The minimum absolute atomic E-state index is 0.740. The summed E-state index contributed by atoms with van der Waals surface area (Å²) in [6, 6.07) is 8.10. The molecule has 2 heterocycles. The molecule has 0 amide bonds. The summed E-state index contributed by atoms with van der Waals surface area (Å²) in [6.45, 7) is 2.03. The highest BCUT2D eigenvalue weighted by atomic mass is 79.9. The number of aryl methyl sites for hydroxylation is 1. The Morgan fingerprint density at radius 3 is 2.94 bits per heavy atom. The summed E-state index contributed by atoms with van der Waals surface area (Å²) in [5.41, 5.74) is 2.91. The van der Waals surface area contributed by atoms with E-state index in [-0.39, 0.29) is 0 Å². The van der Waals surface area contributed by atoms with Crippen LogP contribution in [0.25, 0.3) is 22.3 Å². The minimum atomic E-state index is 0.740. The predicted molar refractivity (Wildman–Crippen MR) is 69.7 cm³/mol. The van der Waals surface area contributed by atoms with Gasteiger partial charge in [0.1, 0.15) is 22.3 Å². The summed E-state index contributed by atoms with van der Waals surface area (Å²) < 4.78 is 6.60. The van der Waals surface area contributed by atoms with E-state index in [0.717, 1.165) is 32.5 Å². The Balaban J connectivity index is 2.26. The molecule has 4 heteroatoms. The van der Waals surface area contributed by atoms with E-state index in [1.54, 1.807) is 6.20 Å². The summed E-state index contributed by atoms with van der Waals surface area (Å²) in [6.07, 6.45) is 3.24. The van der Waals surface area contributed by atoms with Crippen molar-refractivity contribution < 1.29 is 4.42 Å². The van der Waals surface area contributed by atoms with E-state index in [2.05, 4.69) is 25.9 Å². The Labute approximate surface area is 107 Å². The van der Waals surface area contributed by atoms with Crippen molar-refractivity contribution in [3.8, 4) is 11.3 Å². The molecule has 1 aromatic carbocycles. The first-order valence-corrected chi connectivity index (χ1v) is 6.00. The Bertz CT molecular complexity index is 691. The van der Waals surface area contributed by atoms with E-state index in [0.29, 0.717) is 0 Å². The van der Waals surface area contributed by atoms with Crippen LogP contribution in [0.15, 0.2) is 45.8 Å². The zero-order valence-electron chi connectivity index (χ0n) is 9.14. The molecule has 0 spiro atoms. The van der Waals surface area contributed by atoms with Gasteiger partial charge in [-0.25, -0.2) is 9.97 Å². The lowest BCUT2D eigenvalue weighted by Crippen LogP contribution is -1.83. The van der Waals surface area contributed by atoms with Crippen molar-refractivity contribution in [2.45, 2.75) is 6.92 Å². The van der Waals surface area contributed by atoms with Gasteiger partial charge in [-0.05, 0) is 34.5 Å². The third kappa shape index (κ3) is 1.74. The first-order valence-electron chi connectivity index (χ1n) is 5.21. The molecular formula is C13H9BrN2O. The minimum Gasteiger partial charge on any atom is -0.456 e. The lowest BCUT2D eigenvalue weighted by molar-refractivity contribution is 0.627. The van der Waals surface area contributed by atoms with Crippen LogP contribution in [-0.2, 0) is 0 Å². The van der Waals surface area contributed by atoms with Crippen LogP contribution in [0.5, 0.6) is 0 Å². The number of nitrogens with zero attached hydrogens (tertiary/aromatic N) is 2. The van der Waals surface area contributed by atoms with Gasteiger partial charge in [-0.15, -0.1) is 0 Å². The average Bonchev–Trinajstić information content (AvgIpc) is 2.75. The molecule has 0 saturated carbocycles. The number of fused-ring (bicyclic) bond motifs is 1. The van der Waals surface area contributed by atoms with Crippen LogP contribution in [0.1, 0.15) is 5.56 Å². The van der Waals surface area contributed by atoms with Gasteiger partial charge in [0.25, 0.3) is 0 Å². The standard InChI is InChI=1S/C13H9BrN2O/c1-8-3-2-4-9-5-11(17-12(8)9)10-6-15-7-16-13(10)14/h2-7H,1H3. The molecule has 0 bridgehead atoms. The van der Waals surface area contributed by atoms with E-state index in [9.17, 15) is 0 Å². The summed E-state index contributed by atoms with van der Waals surface area (Å²) >= 11 is 3.40. The second-order valence-electron chi connectivity index (χ2n) is 3.83. The third-order valence-corrected chi connectivity index (χ3v) is 3.30. The fraction of sp³-hybridized carbons (Fsp3) is 0.0769. The van der Waals surface area contributed by atoms with Crippen molar-refractivity contribution in [2.75, 3.05) is 0 Å². The predicted octanol–water partition coefficient (Wildman–Crippen LogP) is 3.96. The van der Waals surface area contributed by atoms with Crippen molar-refractivity contribution in [3.63, 3.8) is 0 Å². The molecule has 84 valence electrons. The third-order valence-electron chi connectivity index (χ3n) is 2.67. The van der Waals surface area contributed by atoms with Gasteiger partial charge in [-0.3, -0.25) is 0 Å². The molecule has 0 atom stereocenters. The summed E-state index contributed by atoms with van der Waals surface area (Å²) in [4.78, 5) is 8.11. The Morgan fingerprint density at radius 1 is 1.29 bits per heavy atom. The van der Waals surface area contributed by atoms with E-state index in [4.69, 9.17) is 4.42 Å². The van der Waals surface area contributed by atoms with Gasteiger partial charge in [0.2, 0.25) is 0 Å². The monoisotopic (exact) mass is 288 g/mol. The molecule has 0 aliphatic heterocycles. The number of furan rings is 1. The maximum absolute atomic E-state index is 5.86. The second kappa shape index (κ2) is 3.96. The Morgan fingerprint density at radius 2 is 2.18 bits per heavy atom. The normalized spacial score (nSPS) is 10.9. The highest BCUT2D eigenvalue weighted by Crippen LogP contribution is 2.32. The number of para-hydroxylation sites is 1.